The number of hydrogen-bond donors (Lipinski definition) is 0. The van der Waals surface area contributed by atoms with Crippen LogP contribution in [-0.2, 0) is 4.79 Å². The van der Waals surface area contributed by atoms with E-state index in [-0.39, 0.29) is 0 Å². The standard InChI is InChI=1S/C15H22O/c1-10(2)12-5-7-15(4)8-6-14(16)11(3)13(15)9-12/h12H,1,5-9H2,2-4H3/t12?,15-/m1/s1. The summed E-state index contributed by atoms with van der Waals surface area (Å²) in [6.07, 6.45) is 5.36. The molecule has 0 radical (unpaired) electrons. The molecule has 0 N–H and O–H groups in total. The van der Waals surface area contributed by atoms with Gasteiger partial charge in [-0.25, -0.2) is 0 Å². The minimum atomic E-state index is 0.309. The monoisotopic (exact) mass is 218 g/mol. The second kappa shape index (κ2) is 3.87. The summed E-state index contributed by atoms with van der Waals surface area (Å²) in [7, 11) is 0. The Morgan fingerprint density at radius 3 is 2.75 bits per heavy atom. The van der Waals surface area contributed by atoms with Crippen LogP contribution in [0.5, 0.6) is 0 Å². The predicted molar refractivity (Wildman–Crippen MR) is 67.2 cm³/mol. The number of rotatable bonds is 1. The Morgan fingerprint density at radius 2 is 2.12 bits per heavy atom. The van der Waals surface area contributed by atoms with E-state index in [9.17, 15) is 4.79 Å². The summed E-state index contributed by atoms with van der Waals surface area (Å²) < 4.78 is 0. The van der Waals surface area contributed by atoms with Crippen LogP contribution in [0, 0.1) is 11.3 Å². The molecular formula is C15H22O. The maximum atomic E-state index is 11.8. The molecule has 0 aliphatic heterocycles. The third kappa shape index (κ3) is 1.77. The number of carbonyl (C=O) groups is 1. The van der Waals surface area contributed by atoms with Crippen molar-refractivity contribution < 1.29 is 4.79 Å². The molecule has 1 saturated carbocycles. The van der Waals surface area contributed by atoms with E-state index in [1.807, 2.05) is 6.92 Å². The van der Waals surface area contributed by atoms with Gasteiger partial charge in [-0.3, -0.25) is 4.79 Å². The van der Waals surface area contributed by atoms with Crippen LogP contribution in [0.2, 0.25) is 0 Å². The van der Waals surface area contributed by atoms with Crippen molar-refractivity contribution in [2.75, 3.05) is 0 Å². The third-order valence-corrected chi connectivity index (χ3v) is 4.70. The molecule has 0 aromatic heterocycles. The Bertz CT molecular complexity index is 375. The summed E-state index contributed by atoms with van der Waals surface area (Å²) in [5, 5.41) is 0. The van der Waals surface area contributed by atoms with Crippen molar-refractivity contribution >= 4 is 5.78 Å². The molecule has 1 unspecified atom stereocenters. The molecule has 1 fully saturated rings. The number of carbonyl (C=O) groups excluding carboxylic acids is 1. The van der Waals surface area contributed by atoms with Gasteiger partial charge in [0.1, 0.15) is 0 Å². The van der Waals surface area contributed by atoms with Gasteiger partial charge in [0.15, 0.2) is 5.78 Å². The summed E-state index contributed by atoms with van der Waals surface area (Å²) in [6, 6.07) is 0. The first-order valence-corrected chi connectivity index (χ1v) is 6.33. The van der Waals surface area contributed by atoms with E-state index < -0.39 is 0 Å². The highest BCUT2D eigenvalue weighted by Crippen LogP contribution is 2.51. The maximum absolute atomic E-state index is 11.8. The SMILES string of the molecule is C=C(C)C1CC[C@]2(C)CCC(=O)C(C)=C2C1. The molecule has 0 bridgehead atoms. The quantitative estimate of drug-likeness (QED) is 0.607. The molecule has 0 amide bonds. The molecule has 2 aliphatic carbocycles. The maximum Gasteiger partial charge on any atom is 0.158 e. The molecule has 0 spiro atoms. The highest BCUT2D eigenvalue weighted by Gasteiger charge is 2.40. The lowest BCUT2D eigenvalue weighted by Crippen LogP contribution is -2.33. The molecule has 2 rings (SSSR count). The summed E-state index contributed by atoms with van der Waals surface area (Å²) in [4.78, 5) is 11.8. The van der Waals surface area contributed by atoms with Crippen molar-refractivity contribution in [1.29, 1.82) is 0 Å². The van der Waals surface area contributed by atoms with Gasteiger partial charge in [0.25, 0.3) is 0 Å². The van der Waals surface area contributed by atoms with Crippen molar-refractivity contribution in [3.05, 3.63) is 23.3 Å². The van der Waals surface area contributed by atoms with Crippen molar-refractivity contribution in [1.82, 2.24) is 0 Å². The lowest BCUT2D eigenvalue weighted by atomic mass is 9.61. The molecular weight excluding hydrogens is 196 g/mol. The van der Waals surface area contributed by atoms with Crippen LogP contribution >= 0.6 is 0 Å². The second-order valence-corrected chi connectivity index (χ2v) is 5.87. The van der Waals surface area contributed by atoms with E-state index in [4.69, 9.17) is 0 Å². The van der Waals surface area contributed by atoms with Crippen LogP contribution in [0.1, 0.15) is 52.9 Å². The number of hydrogen-bond acceptors (Lipinski definition) is 1. The minimum absolute atomic E-state index is 0.309. The lowest BCUT2D eigenvalue weighted by molar-refractivity contribution is -0.117. The number of fused-ring (bicyclic) bond motifs is 1. The Morgan fingerprint density at radius 1 is 1.44 bits per heavy atom. The van der Waals surface area contributed by atoms with Crippen LogP contribution in [0.15, 0.2) is 23.3 Å². The number of allylic oxidation sites excluding steroid dienone is 3. The van der Waals surface area contributed by atoms with Gasteiger partial charge in [0, 0.05) is 6.42 Å². The largest absolute Gasteiger partial charge is 0.295 e. The van der Waals surface area contributed by atoms with Gasteiger partial charge in [0.2, 0.25) is 0 Å². The summed E-state index contributed by atoms with van der Waals surface area (Å²) in [5.74, 6) is 0.971. The number of Topliss-reactive ketones (excluding diaryl/α,β-unsaturated/α-hetero) is 1. The lowest BCUT2D eigenvalue weighted by Gasteiger charge is -2.43. The fourth-order valence-corrected chi connectivity index (χ4v) is 3.29. The van der Waals surface area contributed by atoms with Gasteiger partial charge < -0.3 is 0 Å². The molecule has 88 valence electrons. The van der Waals surface area contributed by atoms with Gasteiger partial charge in [-0.15, -0.1) is 0 Å². The average Bonchev–Trinajstić information content (AvgIpc) is 2.24. The molecule has 16 heavy (non-hydrogen) atoms. The highest BCUT2D eigenvalue weighted by atomic mass is 16.1. The first-order chi connectivity index (χ1) is 7.44. The summed E-state index contributed by atoms with van der Waals surface area (Å²) in [5.41, 5.74) is 4.08. The molecule has 1 heteroatoms. The smallest absolute Gasteiger partial charge is 0.158 e. The molecule has 2 aliphatic rings. The van der Waals surface area contributed by atoms with E-state index in [0.29, 0.717) is 17.1 Å². The van der Waals surface area contributed by atoms with Gasteiger partial charge >= 0.3 is 0 Å². The first-order valence-electron chi connectivity index (χ1n) is 6.33. The van der Waals surface area contributed by atoms with E-state index in [1.165, 1.54) is 24.0 Å². The zero-order valence-electron chi connectivity index (χ0n) is 10.7. The van der Waals surface area contributed by atoms with Crippen LogP contribution in [0.4, 0.5) is 0 Å². The van der Waals surface area contributed by atoms with E-state index in [0.717, 1.165) is 24.8 Å². The van der Waals surface area contributed by atoms with Gasteiger partial charge in [-0.2, -0.15) is 0 Å². The molecule has 1 nitrogen and oxygen atoms in total. The molecule has 0 aromatic carbocycles. The second-order valence-electron chi connectivity index (χ2n) is 5.87. The van der Waals surface area contributed by atoms with Gasteiger partial charge in [-0.05, 0) is 56.4 Å². The van der Waals surface area contributed by atoms with E-state index in [1.54, 1.807) is 0 Å². The third-order valence-electron chi connectivity index (χ3n) is 4.70. The van der Waals surface area contributed by atoms with E-state index in [2.05, 4.69) is 20.4 Å². The van der Waals surface area contributed by atoms with Gasteiger partial charge in [0.05, 0.1) is 0 Å². The Balaban J connectivity index is 2.34. The van der Waals surface area contributed by atoms with E-state index >= 15 is 0 Å². The molecule has 0 heterocycles. The molecule has 0 aromatic rings. The number of ketones is 1. The van der Waals surface area contributed by atoms with Crippen molar-refractivity contribution in [3.63, 3.8) is 0 Å². The molecule has 0 saturated heterocycles. The molecule has 2 atom stereocenters. The van der Waals surface area contributed by atoms with Crippen molar-refractivity contribution in [3.8, 4) is 0 Å². The van der Waals surface area contributed by atoms with Gasteiger partial charge in [-0.1, -0.05) is 24.6 Å². The van der Waals surface area contributed by atoms with Crippen LogP contribution in [0.25, 0.3) is 0 Å². The summed E-state index contributed by atoms with van der Waals surface area (Å²) in [6.45, 7) is 10.6. The van der Waals surface area contributed by atoms with Crippen molar-refractivity contribution in [2.45, 2.75) is 52.9 Å². The van der Waals surface area contributed by atoms with Crippen LogP contribution < -0.4 is 0 Å². The predicted octanol–water partition coefficient (Wildman–Crippen LogP) is 4.05. The minimum Gasteiger partial charge on any atom is -0.295 e. The fraction of sp³-hybridized carbons (Fsp3) is 0.667. The van der Waals surface area contributed by atoms with Crippen LogP contribution in [0.3, 0.4) is 0 Å². The fourth-order valence-electron chi connectivity index (χ4n) is 3.29. The zero-order valence-corrected chi connectivity index (χ0v) is 10.7. The summed E-state index contributed by atoms with van der Waals surface area (Å²) >= 11 is 0. The Kier molecular flexibility index (Phi) is 2.81. The normalized spacial score (nSPS) is 34.9. The Hall–Kier alpha value is -0.850. The first kappa shape index (κ1) is 11.6. The highest BCUT2D eigenvalue weighted by molar-refractivity contribution is 5.96. The Labute approximate surface area is 98.6 Å². The zero-order chi connectivity index (χ0) is 11.9. The topological polar surface area (TPSA) is 17.1 Å². The van der Waals surface area contributed by atoms with Crippen LogP contribution in [-0.4, -0.2) is 5.78 Å². The average molecular weight is 218 g/mol. The van der Waals surface area contributed by atoms with Crippen molar-refractivity contribution in [2.24, 2.45) is 11.3 Å².